The van der Waals surface area contributed by atoms with Crippen LogP contribution in [0.25, 0.3) is 0 Å². The van der Waals surface area contributed by atoms with Gasteiger partial charge in [0.25, 0.3) is 0 Å². The van der Waals surface area contributed by atoms with Gasteiger partial charge in [0.15, 0.2) is 11.6 Å². The second kappa shape index (κ2) is 5.50. The third-order valence-corrected chi connectivity index (χ3v) is 1.80. The minimum absolute atomic E-state index is 0.0475. The number of rotatable bonds is 4. The third-order valence-electron chi connectivity index (χ3n) is 1.80. The molecule has 0 saturated heterocycles. The Hall–Kier alpha value is -1.56. The molecular weight excluding hydrogens is 221 g/mol. The summed E-state index contributed by atoms with van der Waals surface area (Å²) in [5, 5.41) is 4.77. The van der Waals surface area contributed by atoms with Crippen LogP contribution in [-0.4, -0.2) is 19.0 Å². The Morgan fingerprint density at radius 1 is 1.31 bits per heavy atom. The van der Waals surface area contributed by atoms with Crippen LogP contribution in [0.1, 0.15) is 6.92 Å². The molecule has 3 nitrogen and oxygen atoms in total. The van der Waals surface area contributed by atoms with Gasteiger partial charge in [0.05, 0.1) is 12.2 Å². The lowest BCUT2D eigenvalue weighted by atomic mass is 10.2. The minimum Gasteiger partial charge on any atom is -0.322 e. The summed E-state index contributed by atoms with van der Waals surface area (Å²) in [4.78, 5) is 11.2. The number of hydrogen-bond acceptors (Lipinski definition) is 2. The van der Waals surface area contributed by atoms with E-state index < -0.39 is 29.0 Å². The van der Waals surface area contributed by atoms with Gasteiger partial charge >= 0.3 is 0 Å². The molecular formula is C10H11F3N2O. The van der Waals surface area contributed by atoms with E-state index in [1.807, 2.05) is 0 Å². The Balaban J connectivity index is 2.77. The van der Waals surface area contributed by atoms with Crippen molar-refractivity contribution < 1.29 is 18.0 Å². The van der Waals surface area contributed by atoms with Crippen LogP contribution in [0.2, 0.25) is 0 Å². The Morgan fingerprint density at radius 2 is 2.00 bits per heavy atom. The van der Waals surface area contributed by atoms with E-state index in [2.05, 4.69) is 10.6 Å². The van der Waals surface area contributed by atoms with Crippen LogP contribution in [-0.2, 0) is 4.79 Å². The van der Waals surface area contributed by atoms with Crippen molar-refractivity contribution in [3.8, 4) is 0 Å². The highest BCUT2D eigenvalue weighted by Gasteiger charge is 2.12. The molecule has 1 rings (SSSR count). The van der Waals surface area contributed by atoms with E-state index >= 15 is 0 Å². The predicted octanol–water partition coefficient (Wildman–Crippen LogP) is 1.65. The van der Waals surface area contributed by atoms with E-state index in [9.17, 15) is 18.0 Å². The number of likely N-dealkylation sites (N-methyl/N-ethyl adjacent to an activating group) is 1. The van der Waals surface area contributed by atoms with Crippen molar-refractivity contribution >= 4 is 11.6 Å². The van der Waals surface area contributed by atoms with Gasteiger partial charge in [0.2, 0.25) is 5.91 Å². The molecule has 0 saturated carbocycles. The first-order valence-electron chi connectivity index (χ1n) is 4.69. The van der Waals surface area contributed by atoms with Gasteiger partial charge in [-0.15, -0.1) is 0 Å². The maximum atomic E-state index is 13.1. The number of benzene rings is 1. The summed E-state index contributed by atoms with van der Waals surface area (Å²) < 4.78 is 38.6. The molecule has 1 aromatic carbocycles. The Kier molecular flexibility index (Phi) is 4.30. The van der Waals surface area contributed by atoms with Gasteiger partial charge < -0.3 is 10.6 Å². The van der Waals surface area contributed by atoms with Gasteiger partial charge in [-0.3, -0.25) is 4.79 Å². The molecule has 0 aliphatic heterocycles. The standard InChI is InChI=1S/C10H11F3N2O/c1-2-14-5-9(16)15-8-4-6(11)3-7(12)10(8)13/h3-4,14H,2,5H2,1H3,(H,15,16). The quantitative estimate of drug-likeness (QED) is 0.775. The minimum atomic E-state index is -1.33. The summed E-state index contributed by atoms with van der Waals surface area (Å²) in [6.07, 6.45) is 0. The van der Waals surface area contributed by atoms with Gasteiger partial charge in [-0.25, -0.2) is 13.2 Å². The van der Waals surface area contributed by atoms with Gasteiger partial charge in [-0.1, -0.05) is 6.92 Å². The number of nitrogens with one attached hydrogen (secondary N) is 2. The Morgan fingerprint density at radius 3 is 2.62 bits per heavy atom. The largest absolute Gasteiger partial charge is 0.322 e. The van der Waals surface area contributed by atoms with Crippen molar-refractivity contribution in [1.82, 2.24) is 5.32 Å². The SMILES string of the molecule is CCNCC(=O)Nc1cc(F)cc(F)c1F. The number of carbonyl (C=O) groups excluding carboxylic acids is 1. The highest BCUT2D eigenvalue weighted by Crippen LogP contribution is 2.18. The van der Waals surface area contributed by atoms with Crippen LogP contribution in [0.3, 0.4) is 0 Å². The Bertz CT molecular complexity index is 396. The molecule has 0 heterocycles. The molecule has 0 bridgehead atoms. The number of carbonyl (C=O) groups is 1. The fraction of sp³-hybridized carbons (Fsp3) is 0.300. The summed E-state index contributed by atoms with van der Waals surface area (Å²) in [6, 6.07) is 1.14. The monoisotopic (exact) mass is 232 g/mol. The lowest BCUT2D eigenvalue weighted by Crippen LogP contribution is -2.28. The smallest absolute Gasteiger partial charge is 0.238 e. The molecule has 1 amide bonds. The first-order valence-corrected chi connectivity index (χ1v) is 4.69. The van der Waals surface area contributed by atoms with Gasteiger partial charge in [0, 0.05) is 12.1 Å². The number of amides is 1. The average molecular weight is 232 g/mol. The van der Waals surface area contributed by atoms with Crippen molar-refractivity contribution in [2.45, 2.75) is 6.92 Å². The van der Waals surface area contributed by atoms with Crippen molar-refractivity contribution in [2.75, 3.05) is 18.4 Å². The van der Waals surface area contributed by atoms with Crippen LogP contribution in [0.4, 0.5) is 18.9 Å². The fourth-order valence-corrected chi connectivity index (χ4v) is 1.08. The lowest BCUT2D eigenvalue weighted by molar-refractivity contribution is -0.115. The molecule has 0 atom stereocenters. The van der Waals surface area contributed by atoms with Gasteiger partial charge in [0.1, 0.15) is 5.82 Å². The second-order valence-electron chi connectivity index (χ2n) is 3.08. The molecule has 6 heteroatoms. The van der Waals surface area contributed by atoms with Crippen LogP contribution in [0.15, 0.2) is 12.1 Å². The van der Waals surface area contributed by atoms with E-state index in [1.165, 1.54) is 0 Å². The van der Waals surface area contributed by atoms with Crippen LogP contribution in [0.5, 0.6) is 0 Å². The molecule has 2 N–H and O–H groups in total. The van der Waals surface area contributed by atoms with Gasteiger partial charge in [-0.2, -0.15) is 0 Å². The zero-order valence-electron chi connectivity index (χ0n) is 8.61. The van der Waals surface area contributed by atoms with E-state index in [0.29, 0.717) is 12.6 Å². The van der Waals surface area contributed by atoms with Gasteiger partial charge in [-0.05, 0) is 6.54 Å². The van der Waals surface area contributed by atoms with E-state index in [1.54, 1.807) is 6.92 Å². The summed E-state index contributed by atoms with van der Waals surface area (Å²) in [7, 11) is 0. The Labute approximate surface area is 90.6 Å². The summed E-state index contributed by atoms with van der Waals surface area (Å²) in [6.45, 7) is 2.30. The predicted molar refractivity (Wildman–Crippen MR) is 53.5 cm³/mol. The van der Waals surface area contributed by atoms with Crippen LogP contribution in [0, 0.1) is 17.5 Å². The van der Waals surface area contributed by atoms with Crippen molar-refractivity contribution in [3.63, 3.8) is 0 Å². The number of anilines is 1. The topological polar surface area (TPSA) is 41.1 Å². The summed E-state index contributed by atoms with van der Waals surface area (Å²) in [5.41, 5.74) is -0.500. The van der Waals surface area contributed by atoms with Crippen LogP contribution < -0.4 is 10.6 Å². The molecule has 0 spiro atoms. The number of halogens is 3. The van der Waals surface area contributed by atoms with E-state index in [-0.39, 0.29) is 6.54 Å². The maximum Gasteiger partial charge on any atom is 0.238 e. The van der Waals surface area contributed by atoms with E-state index in [0.717, 1.165) is 6.07 Å². The summed E-state index contributed by atoms with van der Waals surface area (Å²) >= 11 is 0. The highest BCUT2D eigenvalue weighted by molar-refractivity contribution is 5.92. The third kappa shape index (κ3) is 3.23. The zero-order chi connectivity index (χ0) is 12.1. The summed E-state index contributed by atoms with van der Waals surface area (Å²) in [5.74, 6) is -4.12. The molecule has 0 unspecified atom stereocenters. The van der Waals surface area contributed by atoms with Crippen LogP contribution >= 0.6 is 0 Å². The fourth-order valence-electron chi connectivity index (χ4n) is 1.08. The second-order valence-corrected chi connectivity index (χ2v) is 3.08. The molecule has 0 radical (unpaired) electrons. The lowest BCUT2D eigenvalue weighted by Gasteiger charge is -2.07. The molecule has 0 aliphatic carbocycles. The molecule has 0 fully saturated rings. The average Bonchev–Trinajstić information content (AvgIpc) is 2.22. The van der Waals surface area contributed by atoms with E-state index in [4.69, 9.17) is 0 Å². The van der Waals surface area contributed by atoms with Crippen molar-refractivity contribution in [3.05, 3.63) is 29.6 Å². The molecule has 88 valence electrons. The number of hydrogen-bond donors (Lipinski definition) is 2. The van der Waals surface area contributed by atoms with Crippen molar-refractivity contribution in [2.24, 2.45) is 0 Å². The molecule has 0 aliphatic rings. The first kappa shape index (κ1) is 12.5. The maximum absolute atomic E-state index is 13.1. The molecule has 1 aromatic rings. The highest BCUT2D eigenvalue weighted by atomic mass is 19.2. The normalized spacial score (nSPS) is 10.2. The molecule has 0 aromatic heterocycles. The zero-order valence-corrected chi connectivity index (χ0v) is 8.61. The first-order chi connectivity index (χ1) is 7.54. The molecule has 16 heavy (non-hydrogen) atoms. The van der Waals surface area contributed by atoms with Crippen molar-refractivity contribution in [1.29, 1.82) is 0 Å².